The molecule has 0 fully saturated rings. The van der Waals surface area contributed by atoms with Crippen molar-refractivity contribution in [3.8, 4) is 0 Å². The van der Waals surface area contributed by atoms with Gasteiger partial charge in [0.05, 0.1) is 14.4 Å². The largest absolute Gasteiger partial charge is 0.278 e. The van der Waals surface area contributed by atoms with Gasteiger partial charge in [-0.25, -0.2) is 8.42 Å². The first kappa shape index (κ1) is 15.4. The number of nitrogens with one attached hydrogen (secondary N) is 1. The van der Waals surface area contributed by atoms with Crippen molar-refractivity contribution in [1.29, 1.82) is 0 Å². The summed E-state index contributed by atoms with van der Waals surface area (Å²) in [5, 5.41) is 10.7. The third-order valence-corrected chi connectivity index (χ3v) is 6.39. The van der Waals surface area contributed by atoms with Crippen LogP contribution in [0.3, 0.4) is 0 Å². The van der Waals surface area contributed by atoms with Crippen LogP contribution < -0.4 is 4.72 Å². The minimum absolute atomic E-state index is 0.114. The molecule has 1 aromatic carbocycles. The smallest absolute Gasteiger partial charge is 0.271 e. The molecule has 1 N–H and O–H groups in total. The summed E-state index contributed by atoms with van der Waals surface area (Å²) in [6.45, 7) is 0. The van der Waals surface area contributed by atoms with E-state index in [0.29, 0.717) is 8.26 Å². The van der Waals surface area contributed by atoms with Gasteiger partial charge in [0.1, 0.15) is 4.21 Å². The van der Waals surface area contributed by atoms with Crippen molar-refractivity contribution in [1.82, 2.24) is 0 Å². The summed E-state index contributed by atoms with van der Waals surface area (Å²) in [6.07, 6.45) is 0. The van der Waals surface area contributed by atoms with Gasteiger partial charge in [0, 0.05) is 16.6 Å². The van der Waals surface area contributed by atoms with Crippen LogP contribution in [0, 0.1) is 10.1 Å². The van der Waals surface area contributed by atoms with Gasteiger partial charge in [0.15, 0.2) is 0 Å². The molecule has 0 aliphatic heterocycles. The van der Waals surface area contributed by atoms with Crippen LogP contribution in [0.15, 0.2) is 42.8 Å². The zero-order valence-electron chi connectivity index (χ0n) is 9.54. The van der Waals surface area contributed by atoms with E-state index in [1.54, 1.807) is 6.07 Å². The fourth-order valence-electron chi connectivity index (χ4n) is 1.34. The van der Waals surface area contributed by atoms with E-state index in [9.17, 15) is 18.5 Å². The maximum Gasteiger partial charge on any atom is 0.271 e. The lowest BCUT2D eigenvalue weighted by Gasteiger charge is -2.08. The third kappa shape index (κ3) is 3.37. The van der Waals surface area contributed by atoms with Crippen molar-refractivity contribution in [3.05, 3.63) is 48.7 Å². The summed E-state index contributed by atoms with van der Waals surface area (Å²) < 4.78 is 27.8. The zero-order chi connectivity index (χ0) is 14.9. The Labute approximate surface area is 135 Å². The summed E-state index contributed by atoms with van der Waals surface area (Å²) in [5.41, 5.74) is -0.0815. The summed E-state index contributed by atoms with van der Waals surface area (Å²) in [4.78, 5) is 10.1. The number of sulfonamides is 1. The Morgan fingerprint density at radius 3 is 2.45 bits per heavy atom. The van der Waals surface area contributed by atoms with Gasteiger partial charge in [-0.15, -0.1) is 11.3 Å². The van der Waals surface area contributed by atoms with Crippen LogP contribution in [0.25, 0.3) is 0 Å². The second kappa shape index (κ2) is 5.80. The van der Waals surface area contributed by atoms with Gasteiger partial charge >= 0.3 is 0 Å². The summed E-state index contributed by atoms with van der Waals surface area (Å²) in [6, 6.07) is 6.91. The average molecular weight is 442 g/mol. The first-order valence-electron chi connectivity index (χ1n) is 5.02. The van der Waals surface area contributed by atoms with Crippen molar-refractivity contribution in [3.63, 3.8) is 0 Å². The van der Waals surface area contributed by atoms with Gasteiger partial charge in [-0.05, 0) is 50.1 Å². The highest BCUT2D eigenvalue weighted by Gasteiger charge is 2.19. The standard InChI is InChI=1S/C10H6Br2N2O4S2/c11-7-2-1-6(14(15)16)5-8(7)13-20(17,18)10-4-3-9(12)19-10/h1-5,13H. The Bertz CT molecular complexity index is 773. The molecule has 0 aliphatic rings. The maximum atomic E-state index is 12.1. The molecule has 20 heavy (non-hydrogen) atoms. The number of thiophene rings is 1. The molecule has 0 radical (unpaired) electrons. The molecule has 0 aliphatic carbocycles. The lowest BCUT2D eigenvalue weighted by molar-refractivity contribution is -0.384. The molecule has 6 nitrogen and oxygen atoms in total. The Hall–Kier alpha value is -0.970. The maximum absolute atomic E-state index is 12.1. The molecule has 0 unspecified atom stereocenters. The summed E-state index contributed by atoms with van der Waals surface area (Å²) in [7, 11) is -3.77. The molecule has 0 saturated carbocycles. The van der Waals surface area contributed by atoms with Crippen LogP contribution in [0.2, 0.25) is 0 Å². The topological polar surface area (TPSA) is 89.3 Å². The van der Waals surface area contributed by atoms with Crippen molar-refractivity contribution >= 4 is 64.6 Å². The molecule has 106 valence electrons. The van der Waals surface area contributed by atoms with Crippen molar-refractivity contribution in [2.45, 2.75) is 4.21 Å². The number of rotatable bonds is 4. The van der Waals surface area contributed by atoms with Crippen LogP contribution in [0.5, 0.6) is 0 Å². The Morgan fingerprint density at radius 1 is 1.20 bits per heavy atom. The molecular weight excluding hydrogens is 436 g/mol. The van der Waals surface area contributed by atoms with E-state index in [-0.39, 0.29) is 15.6 Å². The molecule has 0 bridgehead atoms. The second-order valence-corrected chi connectivity index (χ2v) is 8.81. The number of nitrogens with zero attached hydrogens (tertiary/aromatic N) is 1. The van der Waals surface area contributed by atoms with Gasteiger partial charge in [-0.1, -0.05) is 0 Å². The van der Waals surface area contributed by atoms with E-state index in [4.69, 9.17) is 0 Å². The van der Waals surface area contributed by atoms with Gasteiger partial charge in [0.25, 0.3) is 15.7 Å². The van der Waals surface area contributed by atoms with Crippen LogP contribution >= 0.6 is 43.2 Å². The molecule has 10 heteroatoms. The zero-order valence-corrected chi connectivity index (χ0v) is 14.3. The highest BCUT2D eigenvalue weighted by Crippen LogP contribution is 2.31. The molecule has 0 saturated heterocycles. The minimum Gasteiger partial charge on any atom is -0.278 e. The Morgan fingerprint density at radius 2 is 1.90 bits per heavy atom. The van der Waals surface area contributed by atoms with Gasteiger partial charge in [-0.2, -0.15) is 0 Å². The van der Waals surface area contributed by atoms with Crippen LogP contribution in [0.1, 0.15) is 0 Å². The third-order valence-electron chi connectivity index (χ3n) is 2.22. The normalized spacial score (nSPS) is 11.3. The Balaban J connectivity index is 2.39. The van der Waals surface area contributed by atoms with E-state index >= 15 is 0 Å². The molecular formula is C10H6Br2N2O4S2. The highest BCUT2D eigenvalue weighted by atomic mass is 79.9. The monoisotopic (exact) mass is 440 g/mol. The molecule has 1 aromatic heterocycles. The van der Waals surface area contributed by atoms with Gasteiger partial charge in [0.2, 0.25) is 0 Å². The number of nitro benzene ring substituents is 1. The quantitative estimate of drug-likeness (QED) is 0.573. The van der Waals surface area contributed by atoms with E-state index in [1.807, 2.05) is 0 Å². The van der Waals surface area contributed by atoms with E-state index in [2.05, 4.69) is 36.6 Å². The van der Waals surface area contributed by atoms with Crippen molar-refractivity contribution in [2.75, 3.05) is 4.72 Å². The summed E-state index contributed by atoms with van der Waals surface area (Å²) in [5.74, 6) is 0. The number of non-ortho nitro benzene ring substituents is 1. The van der Waals surface area contributed by atoms with Crippen LogP contribution in [-0.2, 0) is 10.0 Å². The van der Waals surface area contributed by atoms with Crippen molar-refractivity contribution in [2.24, 2.45) is 0 Å². The Kier molecular flexibility index (Phi) is 4.47. The molecule has 1 heterocycles. The average Bonchev–Trinajstić information content (AvgIpc) is 2.79. The summed E-state index contributed by atoms with van der Waals surface area (Å²) >= 11 is 7.38. The molecule has 0 amide bonds. The van der Waals surface area contributed by atoms with Crippen molar-refractivity contribution < 1.29 is 13.3 Å². The lowest BCUT2D eigenvalue weighted by Crippen LogP contribution is -2.12. The molecule has 2 rings (SSSR count). The van der Waals surface area contributed by atoms with Crippen LogP contribution in [-0.4, -0.2) is 13.3 Å². The molecule has 2 aromatic rings. The van der Waals surface area contributed by atoms with Gasteiger partial charge < -0.3 is 0 Å². The second-order valence-electron chi connectivity index (χ2n) is 3.59. The van der Waals surface area contributed by atoms with E-state index < -0.39 is 14.9 Å². The fraction of sp³-hybridized carbons (Fsp3) is 0. The number of anilines is 1. The predicted molar refractivity (Wildman–Crippen MR) is 83.6 cm³/mol. The van der Waals surface area contributed by atoms with Crippen LogP contribution in [0.4, 0.5) is 11.4 Å². The number of halogens is 2. The van der Waals surface area contributed by atoms with E-state index in [0.717, 1.165) is 17.4 Å². The first-order valence-corrected chi connectivity index (χ1v) is 8.90. The predicted octanol–water partition coefficient (Wildman–Crippen LogP) is 3.98. The number of benzene rings is 1. The lowest BCUT2D eigenvalue weighted by atomic mass is 10.3. The first-order chi connectivity index (χ1) is 9.29. The highest BCUT2D eigenvalue weighted by molar-refractivity contribution is 9.11. The SMILES string of the molecule is O=[N+]([O-])c1ccc(Br)c(NS(=O)(=O)c2ccc(Br)s2)c1. The fourth-order valence-corrected chi connectivity index (χ4v) is 4.90. The number of hydrogen-bond acceptors (Lipinski definition) is 5. The number of nitro groups is 1. The van der Waals surface area contributed by atoms with Gasteiger partial charge in [-0.3, -0.25) is 14.8 Å². The number of hydrogen-bond donors (Lipinski definition) is 1. The molecule has 0 spiro atoms. The van der Waals surface area contributed by atoms with E-state index in [1.165, 1.54) is 18.2 Å². The minimum atomic E-state index is -3.77. The molecule has 0 atom stereocenters.